The summed E-state index contributed by atoms with van der Waals surface area (Å²) >= 11 is 0. The smallest absolute Gasteiger partial charge is 0.340 e. The van der Waals surface area contributed by atoms with Gasteiger partial charge >= 0.3 is 5.63 Å². The Kier molecular flexibility index (Phi) is 5.50. The molecule has 0 aliphatic carbocycles. The Hall–Kier alpha value is -3.87. The summed E-state index contributed by atoms with van der Waals surface area (Å²) < 4.78 is 13.4. The van der Waals surface area contributed by atoms with Crippen LogP contribution in [0.3, 0.4) is 0 Å². The number of carbonyl (C=O) groups is 1. The molecule has 0 unspecified atom stereocenters. The van der Waals surface area contributed by atoms with Crippen molar-refractivity contribution >= 4 is 38.9 Å². The first kappa shape index (κ1) is 22.9. The van der Waals surface area contributed by atoms with Gasteiger partial charge in [-0.1, -0.05) is 26.0 Å². The Morgan fingerprint density at radius 3 is 2.54 bits per heavy atom. The fourth-order valence-electron chi connectivity index (χ4n) is 4.88. The van der Waals surface area contributed by atoms with Gasteiger partial charge in [-0.2, -0.15) is 0 Å². The van der Waals surface area contributed by atoms with Gasteiger partial charge in [-0.25, -0.2) is 9.78 Å². The molecule has 0 aliphatic heterocycles. The SMILES string of the molecule is Cc1coc2c(C)c3oc(=O)c(CC(=O)N[C@H](c4nc5ccccc5n4C)C(C)C)c(C)c3cc12. The van der Waals surface area contributed by atoms with E-state index in [0.29, 0.717) is 16.7 Å². The minimum Gasteiger partial charge on any atom is -0.464 e. The zero-order valence-electron chi connectivity index (χ0n) is 20.9. The van der Waals surface area contributed by atoms with Gasteiger partial charge < -0.3 is 18.7 Å². The summed E-state index contributed by atoms with van der Waals surface area (Å²) in [5.74, 6) is 0.636. The second kappa shape index (κ2) is 8.41. The van der Waals surface area contributed by atoms with E-state index in [1.807, 2.05) is 76.6 Å². The van der Waals surface area contributed by atoms with Crippen LogP contribution in [0.25, 0.3) is 33.0 Å². The van der Waals surface area contributed by atoms with E-state index in [-0.39, 0.29) is 24.3 Å². The number of rotatable bonds is 5. The lowest BCUT2D eigenvalue weighted by molar-refractivity contribution is -0.121. The summed E-state index contributed by atoms with van der Waals surface area (Å²) in [6.45, 7) is 9.82. The van der Waals surface area contributed by atoms with Crippen molar-refractivity contribution in [1.82, 2.24) is 14.9 Å². The van der Waals surface area contributed by atoms with Crippen LogP contribution in [0.15, 0.2) is 50.2 Å². The zero-order chi connectivity index (χ0) is 25.0. The third kappa shape index (κ3) is 3.71. The predicted octanol–water partition coefficient (Wildman–Crippen LogP) is 5.41. The van der Waals surface area contributed by atoms with E-state index >= 15 is 0 Å². The molecule has 1 amide bonds. The van der Waals surface area contributed by atoms with Gasteiger partial charge in [0.05, 0.1) is 35.3 Å². The number of aryl methyl sites for hydroxylation is 4. The number of hydrogen-bond acceptors (Lipinski definition) is 5. The van der Waals surface area contributed by atoms with Crippen molar-refractivity contribution in [2.75, 3.05) is 0 Å². The Bertz CT molecular complexity index is 1670. The number of nitrogens with zero attached hydrogens (tertiary/aromatic N) is 2. The van der Waals surface area contributed by atoms with Crippen LogP contribution in [0.4, 0.5) is 0 Å². The summed E-state index contributed by atoms with van der Waals surface area (Å²) in [6.07, 6.45) is 1.63. The molecular formula is C28H29N3O4. The van der Waals surface area contributed by atoms with E-state index in [1.165, 1.54) is 0 Å². The fraction of sp³-hybridized carbons (Fsp3) is 0.321. The molecular weight excluding hydrogens is 442 g/mol. The zero-order valence-corrected chi connectivity index (χ0v) is 20.9. The van der Waals surface area contributed by atoms with Crippen LogP contribution in [0, 0.1) is 26.7 Å². The number of benzene rings is 2. The molecule has 35 heavy (non-hydrogen) atoms. The molecule has 0 radical (unpaired) electrons. The van der Waals surface area contributed by atoms with Gasteiger partial charge in [0.2, 0.25) is 5.91 Å². The lowest BCUT2D eigenvalue weighted by Gasteiger charge is -2.22. The van der Waals surface area contributed by atoms with Crippen LogP contribution in [0.2, 0.25) is 0 Å². The normalized spacial score (nSPS) is 12.8. The Morgan fingerprint density at radius 1 is 1.09 bits per heavy atom. The van der Waals surface area contributed by atoms with Gasteiger partial charge in [0, 0.05) is 23.4 Å². The van der Waals surface area contributed by atoms with Crippen LogP contribution in [-0.2, 0) is 18.3 Å². The van der Waals surface area contributed by atoms with E-state index in [1.54, 1.807) is 6.26 Å². The first-order valence-electron chi connectivity index (χ1n) is 11.8. The molecule has 5 rings (SSSR count). The molecule has 2 aromatic carbocycles. The fourth-order valence-corrected chi connectivity index (χ4v) is 4.88. The highest BCUT2D eigenvalue weighted by Gasteiger charge is 2.25. The van der Waals surface area contributed by atoms with Gasteiger partial charge in [0.1, 0.15) is 17.0 Å². The number of furan rings is 1. The Morgan fingerprint density at radius 2 is 1.83 bits per heavy atom. The molecule has 1 N–H and O–H groups in total. The number of para-hydroxylation sites is 2. The summed E-state index contributed by atoms with van der Waals surface area (Å²) in [5.41, 5.74) is 5.50. The molecule has 7 heteroatoms. The van der Waals surface area contributed by atoms with Gasteiger partial charge in [0.15, 0.2) is 0 Å². The van der Waals surface area contributed by atoms with E-state index in [9.17, 15) is 9.59 Å². The van der Waals surface area contributed by atoms with Crippen molar-refractivity contribution in [3.05, 3.63) is 75.1 Å². The summed E-state index contributed by atoms with van der Waals surface area (Å²) in [6, 6.07) is 9.57. The number of carbonyl (C=O) groups excluding carboxylic acids is 1. The molecule has 1 atom stereocenters. The maximum atomic E-state index is 13.2. The Labute approximate surface area is 202 Å². The summed E-state index contributed by atoms with van der Waals surface area (Å²) in [5, 5.41) is 4.91. The van der Waals surface area contributed by atoms with Gasteiger partial charge in [-0.15, -0.1) is 0 Å². The minimum atomic E-state index is -0.500. The van der Waals surface area contributed by atoms with Crippen molar-refractivity contribution in [3.63, 3.8) is 0 Å². The number of nitrogens with one attached hydrogen (secondary N) is 1. The lowest BCUT2D eigenvalue weighted by Crippen LogP contribution is -2.35. The third-order valence-electron chi connectivity index (χ3n) is 6.96. The van der Waals surface area contributed by atoms with Crippen LogP contribution >= 0.6 is 0 Å². The molecule has 0 bridgehead atoms. The average molecular weight is 472 g/mol. The topological polar surface area (TPSA) is 90.3 Å². The third-order valence-corrected chi connectivity index (χ3v) is 6.96. The van der Waals surface area contributed by atoms with Crippen molar-refractivity contribution in [1.29, 1.82) is 0 Å². The van der Waals surface area contributed by atoms with Gasteiger partial charge in [-0.3, -0.25) is 4.79 Å². The molecule has 0 fully saturated rings. The standard InChI is InChI=1S/C28H29N3O4/c1-14(2)24(27-29-21-9-7-8-10-22(21)31(27)6)30-23(32)12-20-16(4)19-11-18-15(3)13-34-25(18)17(5)26(19)35-28(20)33/h7-11,13-14,24H,12H2,1-6H3,(H,30,32)/t24-/m0/s1. The molecule has 7 nitrogen and oxygen atoms in total. The molecule has 0 saturated heterocycles. The van der Waals surface area contributed by atoms with Gasteiger partial charge in [-0.05, 0) is 56.0 Å². The highest BCUT2D eigenvalue weighted by Crippen LogP contribution is 2.33. The second-order valence-electron chi connectivity index (χ2n) is 9.65. The maximum absolute atomic E-state index is 13.2. The summed E-state index contributed by atoms with van der Waals surface area (Å²) in [4.78, 5) is 30.9. The van der Waals surface area contributed by atoms with Crippen LogP contribution in [0.5, 0.6) is 0 Å². The second-order valence-corrected chi connectivity index (χ2v) is 9.65. The van der Waals surface area contributed by atoms with Crippen molar-refractivity contribution in [3.8, 4) is 0 Å². The molecule has 0 spiro atoms. The highest BCUT2D eigenvalue weighted by molar-refractivity contribution is 6.00. The number of amides is 1. The number of hydrogen-bond donors (Lipinski definition) is 1. The predicted molar refractivity (Wildman–Crippen MR) is 137 cm³/mol. The van der Waals surface area contributed by atoms with E-state index < -0.39 is 5.63 Å². The number of aromatic nitrogens is 2. The first-order valence-corrected chi connectivity index (χ1v) is 11.8. The van der Waals surface area contributed by atoms with Crippen LogP contribution in [0.1, 0.15) is 48.0 Å². The maximum Gasteiger partial charge on any atom is 0.340 e. The van der Waals surface area contributed by atoms with E-state index in [0.717, 1.165) is 44.3 Å². The monoisotopic (exact) mass is 471 g/mol. The van der Waals surface area contributed by atoms with Crippen molar-refractivity contribution < 1.29 is 13.6 Å². The molecule has 0 aliphatic rings. The molecule has 180 valence electrons. The largest absolute Gasteiger partial charge is 0.464 e. The van der Waals surface area contributed by atoms with E-state index in [2.05, 4.69) is 5.32 Å². The average Bonchev–Trinajstić information content (AvgIpc) is 3.36. The summed E-state index contributed by atoms with van der Waals surface area (Å²) in [7, 11) is 1.95. The molecule has 3 aromatic heterocycles. The van der Waals surface area contributed by atoms with E-state index in [4.69, 9.17) is 13.8 Å². The van der Waals surface area contributed by atoms with Gasteiger partial charge in [0.25, 0.3) is 0 Å². The molecule has 3 heterocycles. The molecule has 5 aromatic rings. The highest BCUT2D eigenvalue weighted by atomic mass is 16.4. The van der Waals surface area contributed by atoms with Crippen LogP contribution < -0.4 is 10.9 Å². The van der Waals surface area contributed by atoms with Crippen LogP contribution in [-0.4, -0.2) is 15.5 Å². The first-order chi connectivity index (χ1) is 16.7. The molecule has 0 saturated carbocycles. The van der Waals surface area contributed by atoms with Crippen molar-refractivity contribution in [2.24, 2.45) is 13.0 Å². The quantitative estimate of drug-likeness (QED) is 0.346. The van der Waals surface area contributed by atoms with Crippen molar-refractivity contribution in [2.45, 2.75) is 47.1 Å². The number of fused-ring (bicyclic) bond motifs is 3. The lowest BCUT2D eigenvalue weighted by atomic mass is 9.98. The minimum absolute atomic E-state index is 0.0707. The number of imidazole rings is 1. The Balaban J connectivity index is 1.50.